The summed E-state index contributed by atoms with van der Waals surface area (Å²) in [4.78, 5) is 10.4. The molecule has 2 rings (SSSR count). The summed E-state index contributed by atoms with van der Waals surface area (Å²) in [6.45, 7) is 0.904. The highest BCUT2D eigenvalue weighted by molar-refractivity contribution is 5.68. The fourth-order valence-electron chi connectivity index (χ4n) is 1.07. The Hall–Kier alpha value is -1.19. The lowest BCUT2D eigenvalue weighted by Gasteiger charge is -1.98. The van der Waals surface area contributed by atoms with Crippen molar-refractivity contribution in [1.29, 1.82) is 0 Å². The van der Waals surface area contributed by atoms with E-state index >= 15 is 0 Å². The summed E-state index contributed by atoms with van der Waals surface area (Å²) in [5, 5.41) is 7.32. The Balaban J connectivity index is 2.13. The summed E-state index contributed by atoms with van der Waals surface area (Å²) in [7, 11) is 0. The fraction of sp³-hybridized carbons (Fsp3) is 0.571. The molecule has 1 aromatic rings. The van der Waals surface area contributed by atoms with Gasteiger partial charge in [-0.25, -0.2) is 0 Å². The van der Waals surface area contributed by atoms with Crippen LogP contribution >= 0.6 is 0 Å². The molecule has 4 heteroatoms. The quantitative estimate of drug-likeness (QED) is 0.591. The van der Waals surface area contributed by atoms with E-state index in [0.717, 1.165) is 18.7 Å². The molecule has 0 unspecified atom stereocenters. The SMILES string of the molecule is O=Cc1nncn1CC1CC1. The van der Waals surface area contributed by atoms with Crippen LogP contribution in [0.2, 0.25) is 0 Å². The van der Waals surface area contributed by atoms with Crippen LogP contribution in [0.5, 0.6) is 0 Å². The molecule has 0 saturated heterocycles. The molecule has 0 radical (unpaired) electrons. The van der Waals surface area contributed by atoms with E-state index in [-0.39, 0.29) is 0 Å². The van der Waals surface area contributed by atoms with E-state index in [1.165, 1.54) is 12.8 Å². The van der Waals surface area contributed by atoms with Crippen molar-refractivity contribution < 1.29 is 4.79 Å². The van der Waals surface area contributed by atoms with Gasteiger partial charge in [-0.3, -0.25) is 4.79 Å². The number of hydrogen-bond acceptors (Lipinski definition) is 3. The zero-order valence-corrected chi connectivity index (χ0v) is 6.10. The number of aromatic nitrogens is 3. The lowest BCUT2D eigenvalue weighted by atomic mass is 10.4. The van der Waals surface area contributed by atoms with Crippen LogP contribution in [0.15, 0.2) is 6.33 Å². The third kappa shape index (κ3) is 1.29. The van der Waals surface area contributed by atoms with Crippen molar-refractivity contribution in [2.24, 2.45) is 5.92 Å². The molecule has 1 heterocycles. The number of carbonyl (C=O) groups is 1. The van der Waals surface area contributed by atoms with E-state index in [4.69, 9.17) is 0 Å². The first-order valence-corrected chi connectivity index (χ1v) is 3.73. The average molecular weight is 151 g/mol. The van der Waals surface area contributed by atoms with Gasteiger partial charge in [-0.2, -0.15) is 0 Å². The maximum absolute atomic E-state index is 10.4. The van der Waals surface area contributed by atoms with Gasteiger partial charge in [0, 0.05) is 6.54 Å². The van der Waals surface area contributed by atoms with Crippen molar-refractivity contribution >= 4 is 6.29 Å². The van der Waals surface area contributed by atoms with Crippen LogP contribution in [-0.4, -0.2) is 21.1 Å². The molecule has 1 aromatic heterocycles. The fourth-order valence-corrected chi connectivity index (χ4v) is 1.07. The number of hydrogen-bond donors (Lipinski definition) is 0. The van der Waals surface area contributed by atoms with Crippen molar-refractivity contribution in [3.05, 3.63) is 12.2 Å². The van der Waals surface area contributed by atoms with Crippen LogP contribution in [0.1, 0.15) is 23.5 Å². The van der Waals surface area contributed by atoms with Crippen molar-refractivity contribution in [1.82, 2.24) is 14.8 Å². The Kier molecular flexibility index (Phi) is 1.45. The van der Waals surface area contributed by atoms with Gasteiger partial charge in [-0.05, 0) is 18.8 Å². The van der Waals surface area contributed by atoms with Crippen molar-refractivity contribution in [3.8, 4) is 0 Å². The van der Waals surface area contributed by atoms with Gasteiger partial charge >= 0.3 is 0 Å². The summed E-state index contributed by atoms with van der Waals surface area (Å²) in [5.41, 5.74) is 0. The number of nitrogens with zero attached hydrogens (tertiary/aromatic N) is 3. The molecule has 0 atom stereocenters. The van der Waals surface area contributed by atoms with Gasteiger partial charge in [0.15, 0.2) is 12.1 Å². The molecular formula is C7H9N3O. The molecule has 4 nitrogen and oxygen atoms in total. The van der Waals surface area contributed by atoms with E-state index < -0.39 is 0 Å². The molecule has 1 aliphatic rings. The Morgan fingerprint density at radius 3 is 3.18 bits per heavy atom. The second-order valence-corrected chi connectivity index (χ2v) is 2.90. The van der Waals surface area contributed by atoms with Gasteiger partial charge in [-0.1, -0.05) is 0 Å². The van der Waals surface area contributed by atoms with Gasteiger partial charge in [0.1, 0.15) is 6.33 Å². The molecule has 0 spiro atoms. The van der Waals surface area contributed by atoms with Crippen molar-refractivity contribution in [2.45, 2.75) is 19.4 Å². The molecule has 0 amide bonds. The minimum absolute atomic E-state index is 0.442. The minimum Gasteiger partial charge on any atom is -0.311 e. The topological polar surface area (TPSA) is 47.8 Å². The normalized spacial score (nSPS) is 16.7. The van der Waals surface area contributed by atoms with Crippen LogP contribution in [0, 0.1) is 5.92 Å². The van der Waals surface area contributed by atoms with E-state index in [1.807, 2.05) is 4.57 Å². The van der Waals surface area contributed by atoms with Gasteiger partial charge in [0.05, 0.1) is 0 Å². The molecule has 0 bridgehead atoms. The minimum atomic E-state index is 0.442. The Bertz CT molecular complexity index is 264. The summed E-state index contributed by atoms with van der Waals surface area (Å²) in [5.74, 6) is 1.20. The van der Waals surface area contributed by atoms with Crippen LogP contribution in [0.25, 0.3) is 0 Å². The summed E-state index contributed by atoms with van der Waals surface area (Å²) < 4.78 is 1.81. The number of rotatable bonds is 3. The first-order valence-electron chi connectivity index (χ1n) is 3.73. The molecule has 0 aliphatic heterocycles. The van der Waals surface area contributed by atoms with E-state index in [0.29, 0.717) is 5.82 Å². The maximum Gasteiger partial charge on any atom is 0.196 e. The second kappa shape index (κ2) is 2.45. The average Bonchev–Trinajstić information content (AvgIpc) is 2.68. The molecule has 1 fully saturated rings. The first kappa shape index (κ1) is 6.52. The molecule has 11 heavy (non-hydrogen) atoms. The highest BCUT2D eigenvalue weighted by Gasteiger charge is 2.22. The van der Waals surface area contributed by atoms with E-state index in [2.05, 4.69) is 10.2 Å². The second-order valence-electron chi connectivity index (χ2n) is 2.90. The number of carbonyl (C=O) groups excluding carboxylic acids is 1. The van der Waals surface area contributed by atoms with Crippen molar-refractivity contribution in [2.75, 3.05) is 0 Å². The molecule has 0 N–H and O–H groups in total. The van der Waals surface area contributed by atoms with Gasteiger partial charge in [0.25, 0.3) is 0 Å². The van der Waals surface area contributed by atoms with E-state index in [1.54, 1.807) is 6.33 Å². The summed E-state index contributed by atoms with van der Waals surface area (Å²) in [6, 6.07) is 0. The highest BCUT2D eigenvalue weighted by Crippen LogP contribution is 2.30. The Morgan fingerprint density at radius 1 is 1.73 bits per heavy atom. The van der Waals surface area contributed by atoms with Crippen LogP contribution in [0.3, 0.4) is 0 Å². The molecule has 58 valence electrons. The first-order chi connectivity index (χ1) is 5.40. The van der Waals surface area contributed by atoms with Crippen LogP contribution in [-0.2, 0) is 6.54 Å². The van der Waals surface area contributed by atoms with Gasteiger partial charge in [0.2, 0.25) is 0 Å². The van der Waals surface area contributed by atoms with Gasteiger partial charge in [-0.15, -0.1) is 10.2 Å². The third-order valence-corrected chi connectivity index (χ3v) is 1.90. The van der Waals surface area contributed by atoms with Crippen LogP contribution < -0.4 is 0 Å². The monoisotopic (exact) mass is 151 g/mol. The highest BCUT2D eigenvalue weighted by atomic mass is 16.1. The predicted molar refractivity (Wildman–Crippen MR) is 38.1 cm³/mol. The van der Waals surface area contributed by atoms with Crippen LogP contribution in [0.4, 0.5) is 0 Å². The molecule has 0 aromatic carbocycles. The summed E-state index contributed by atoms with van der Waals surface area (Å²) in [6.07, 6.45) is 4.91. The van der Waals surface area contributed by atoms with Crippen molar-refractivity contribution in [3.63, 3.8) is 0 Å². The predicted octanol–water partition coefficient (Wildman–Crippen LogP) is 0.501. The standard InChI is InChI=1S/C7H9N3O/c11-4-7-9-8-5-10(7)3-6-1-2-6/h4-6H,1-3H2. The Labute approximate surface area is 64.2 Å². The zero-order chi connectivity index (χ0) is 7.68. The summed E-state index contributed by atoms with van der Waals surface area (Å²) >= 11 is 0. The number of aldehydes is 1. The maximum atomic E-state index is 10.4. The van der Waals surface area contributed by atoms with E-state index in [9.17, 15) is 4.79 Å². The zero-order valence-electron chi connectivity index (χ0n) is 6.10. The molecular weight excluding hydrogens is 142 g/mol. The molecule has 1 aliphatic carbocycles. The lowest BCUT2D eigenvalue weighted by Crippen LogP contribution is -2.02. The lowest BCUT2D eigenvalue weighted by molar-refractivity contribution is 0.111. The Morgan fingerprint density at radius 2 is 2.55 bits per heavy atom. The van der Waals surface area contributed by atoms with Gasteiger partial charge < -0.3 is 4.57 Å². The largest absolute Gasteiger partial charge is 0.311 e. The molecule has 1 saturated carbocycles. The third-order valence-electron chi connectivity index (χ3n) is 1.90. The smallest absolute Gasteiger partial charge is 0.196 e.